The van der Waals surface area contributed by atoms with E-state index in [0.717, 1.165) is 42.4 Å². The number of amides is 1. The van der Waals surface area contributed by atoms with Crippen molar-refractivity contribution in [2.75, 3.05) is 0 Å². The lowest BCUT2D eigenvalue weighted by molar-refractivity contribution is -0.133. The van der Waals surface area contributed by atoms with Gasteiger partial charge in [0.25, 0.3) is 0 Å². The Labute approximate surface area is 224 Å². The van der Waals surface area contributed by atoms with Gasteiger partial charge in [0.1, 0.15) is 5.60 Å². The number of benzene rings is 2. The highest BCUT2D eigenvalue weighted by Crippen LogP contribution is 2.41. The highest BCUT2D eigenvalue weighted by Gasteiger charge is 2.48. The molecule has 38 heavy (non-hydrogen) atoms. The van der Waals surface area contributed by atoms with Crippen molar-refractivity contribution < 1.29 is 22.7 Å². The number of fused-ring (bicyclic) bond motifs is 3. The summed E-state index contributed by atoms with van der Waals surface area (Å²) in [7, 11) is -3.75. The molecule has 0 aromatic heterocycles. The van der Waals surface area contributed by atoms with Crippen LogP contribution in [0.1, 0.15) is 58.4 Å². The topological polar surface area (TPSA) is 131 Å². The Balaban J connectivity index is 1.43. The molecule has 0 unspecified atom stereocenters. The minimum absolute atomic E-state index is 0.0101. The van der Waals surface area contributed by atoms with E-state index in [0.29, 0.717) is 6.42 Å². The molecule has 3 aliphatic rings. The number of hydrogen-bond acceptors (Lipinski definition) is 6. The molecule has 2 aromatic carbocycles. The third-order valence-electron chi connectivity index (χ3n) is 7.40. The largest absolute Gasteiger partial charge is 0.444 e. The molecule has 2 saturated heterocycles. The lowest BCUT2D eigenvalue weighted by Crippen LogP contribution is -2.61. The summed E-state index contributed by atoms with van der Waals surface area (Å²) in [5, 5.41) is 15.0. The zero-order chi connectivity index (χ0) is 27.7. The number of nitrogens with zero attached hydrogens (tertiary/aromatic N) is 2. The molecular formula is C29H35N3O5S. The van der Waals surface area contributed by atoms with E-state index in [9.17, 15) is 23.3 Å². The van der Waals surface area contributed by atoms with Crippen molar-refractivity contribution in [3.63, 3.8) is 0 Å². The van der Waals surface area contributed by atoms with Crippen LogP contribution in [0.15, 0.2) is 53.4 Å². The molecule has 0 radical (unpaired) electrons. The van der Waals surface area contributed by atoms with Crippen molar-refractivity contribution in [3.8, 4) is 17.2 Å². The minimum atomic E-state index is -3.75. The number of carbonyl (C=O) groups is 2. The molecular weight excluding hydrogens is 502 g/mol. The lowest BCUT2D eigenvalue weighted by Gasteiger charge is -2.50. The van der Waals surface area contributed by atoms with Gasteiger partial charge in [-0.05, 0) is 87.6 Å². The summed E-state index contributed by atoms with van der Waals surface area (Å²) < 4.78 is 28.6. The van der Waals surface area contributed by atoms with Crippen molar-refractivity contribution in [2.45, 2.75) is 81.9 Å². The number of nitrogens with two attached hydrogens (primary N) is 1. The summed E-state index contributed by atoms with van der Waals surface area (Å²) in [5.41, 5.74) is 2.01. The van der Waals surface area contributed by atoms with Crippen LogP contribution in [0.2, 0.25) is 0 Å². The molecule has 1 aliphatic carbocycles. The molecule has 9 heteroatoms. The second kappa shape index (κ2) is 10.9. The molecule has 2 aliphatic heterocycles. The van der Waals surface area contributed by atoms with E-state index in [1.165, 1.54) is 12.1 Å². The first-order valence-corrected chi connectivity index (χ1v) is 14.6. The van der Waals surface area contributed by atoms with Crippen molar-refractivity contribution in [3.05, 3.63) is 54.1 Å². The van der Waals surface area contributed by atoms with Crippen molar-refractivity contribution >= 4 is 21.9 Å². The summed E-state index contributed by atoms with van der Waals surface area (Å²) >= 11 is 0. The first-order valence-electron chi connectivity index (χ1n) is 13.0. The molecule has 1 saturated carbocycles. The standard InChI is InChI=1S/C29H35N3O5S/c1-29(2,3)37-28(34)32-24-12-8-23(9-13-24)27(32)26(33)17-20(18-30)16-19-4-6-21(7-5-19)22-10-14-25(15-11-22)38(31,35)36/h4-7,10-11,14-15,20,23-24,27H,8-9,12-13,16-17H2,1-3H3,(H2,31,35,36)/t20-,23?,24?,27+/m1/s1. The number of hydrogen-bond donors (Lipinski definition) is 1. The molecule has 0 spiro atoms. The van der Waals surface area contributed by atoms with Crippen LogP contribution in [-0.4, -0.2) is 42.9 Å². The summed E-state index contributed by atoms with van der Waals surface area (Å²) in [6.07, 6.45) is 3.65. The fourth-order valence-corrected chi connectivity index (χ4v) is 6.14. The van der Waals surface area contributed by atoms with Gasteiger partial charge in [0.2, 0.25) is 10.0 Å². The number of ether oxygens (including phenoxy) is 1. The molecule has 2 aromatic rings. The van der Waals surface area contributed by atoms with Crippen molar-refractivity contribution in [1.82, 2.24) is 4.90 Å². The maximum absolute atomic E-state index is 13.5. The fourth-order valence-electron chi connectivity index (χ4n) is 5.63. The van der Waals surface area contributed by atoms with Gasteiger partial charge < -0.3 is 4.74 Å². The Hall–Kier alpha value is -3.22. The maximum atomic E-state index is 13.5. The third-order valence-corrected chi connectivity index (χ3v) is 8.33. The van der Waals surface area contributed by atoms with Gasteiger partial charge in [0.05, 0.1) is 22.9 Å². The second-order valence-corrected chi connectivity index (χ2v) is 12.9. The van der Waals surface area contributed by atoms with Crippen molar-refractivity contribution in [2.24, 2.45) is 17.0 Å². The number of carbonyl (C=O) groups excluding carboxylic acids is 2. The molecule has 1 amide bonds. The fraction of sp³-hybridized carbons (Fsp3) is 0.483. The van der Waals surface area contributed by atoms with Crippen LogP contribution in [0.3, 0.4) is 0 Å². The van der Waals surface area contributed by atoms with Crippen LogP contribution < -0.4 is 5.14 Å². The number of primary sulfonamides is 1. The van der Waals surface area contributed by atoms with Gasteiger partial charge in [-0.25, -0.2) is 18.4 Å². The van der Waals surface area contributed by atoms with Gasteiger partial charge in [0.15, 0.2) is 5.78 Å². The number of nitriles is 1. The van der Waals surface area contributed by atoms with Gasteiger partial charge >= 0.3 is 6.09 Å². The quantitative estimate of drug-likeness (QED) is 0.539. The van der Waals surface area contributed by atoms with Gasteiger partial charge in [-0.15, -0.1) is 0 Å². The normalized spacial score (nSPS) is 22.0. The van der Waals surface area contributed by atoms with E-state index in [1.807, 2.05) is 45.0 Å². The average Bonchev–Trinajstić information content (AvgIpc) is 2.87. The SMILES string of the molecule is CC(C)(C)OC(=O)N1C2CCC(CC2)[C@H]1C(=O)C[C@H](C#N)Cc1ccc(-c2ccc(S(N)(=O)=O)cc2)cc1. The van der Waals surface area contributed by atoms with Crippen LogP contribution in [0, 0.1) is 23.2 Å². The van der Waals surface area contributed by atoms with Gasteiger partial charge in [-0.1, -0.05) is 36.4 Å². The van der Waals surface area contributed by atoms with Gasteiger partial charge in [-0.2, -0.15) is 5.26 Å². The smallest absolute Gasteiger partial charge is 0.411 e. The molecule has 5 rings (SSSR count). The van der Waals surface area contributed by atoms with Crippen LogP contribution in [0.25, 0.3) is 11.1 Å². The Bertz CT molecular complexity index is 1320. The molecule has 202 valence electrons. The first-order chi connectivity index (χ1) is 17.9. The Morgan fingerprint density at radius 3 is 2.08 bits per heavy atom. The van der Waals surface area contributed by atoms with E-state index < -0.39 is 33.7 Å². The molecule has 2 bridgehead atoms. The first kappa shape index (κ1) is 27.8. The van der Waals surface area contributed by atoms with E-state index in [1.54, 1.807) is 17.0 Å². The summed E-state index contributed by atoms with van der Waals surface area (Å²) in [6.45, 7) is 5.46. The third kappa shape index (κ3) is 6.43. The van der Waals surface area contributed by atoms with E-state index >= 15 is 0 Å². The summed E-state index contributed by atoms with van der Waals surface area (Å²) in [6, 6.07) is 15.7. The number of piperidine rings is 2. The summed E-state index contributed by atoms with van der Waals surface area (Å²) in [4.78, 5) is 28.3. The Morgan fingerprint density at radius 1 is 1.03 bits per heavy atom. The Morgan fingerprint density at radius 2 is 1.58 bits per heavy atom. The van der Waals surface area contributed by atoms with Crippen LogP contribution in [-0.2, 0) is 26.0 Å². The lowest BCUT2D eigenvalue weighted by atomic mass is 9.72. The van der Waals surface area contributed by atoms with Gasteiger partial charge in [-0.3, -0.25) is 9.69 Å². The highest BCUT2D eigenvalue weighted by molar-refractivity contribution is 7.89. The zero-order valence-electron chi connectivity index (χ0n) is 22.1. The summed E-state index contributed by atoms with van der Waals surface area (Å²) in [5.74, 6) is -0.467. The predicted molar refractivity (Wildman–Crippen MR) is 143 cm³/mol. The maximum Gasteiger partial charge on any atom is 0.411 e. The molecule has 2 N–H and O–H groups in total. The van der Waals surface area contributed by atoms with Gasteiger partial charge in [0, 0.05) is 12.5 Å². The second-order valence-electron chi connectivity index (χ2n) is 11.4. The van der Waals surface area contributed by atoms with Crippen LogP contribution in [0.5, 0.6) is 0 Å². The molecule has 2 atom stereocenters. The Kier molecular flexibility index (Phi) is 7.96. The van der Waals surface area contributed by atoms with E-state index in [4.69, 9.17) is 9.88 Å². The zero-order valence-corrected chi connectivity index (χ0v) is 22.9. The van der Waals surface area contributed by atoms with E-state index in [2.05, 4.69) is 6.07 Å². The van der Waals surface area contributed by atoms with Crippen molar-refractivity contribution in [1.29, 1.82) is 5.26 Å². The molecule has 3 fully saturated rings. The monoisotopic (exact) mass is 537 g/mol. The minimum Gasteiger partial charge on any atom is -0.444 e. The molecule has 8 nitrogen and oxygen atoms in total. The predicted octanol–water partition coefficient (Wildman–Crippen LogP) is 4.82. The number of sulfonamides is 1. The van der Waals surface area contributed by atoms with Crippen LogP contribution >= 0.6 is 0 Å². The molecule has 2 heterocycles. The average molecular weight is 538 g/mol. The van der Waals surface area contributed by atoms with E-state index in [-0.39, 0.29) is 29.1 Å². The number of rotatable bonds is 7. The highest BCUT2D eigenvalue weighted by atomic mass is 32.2. The number of ketones is 1. The number of Topliss-reactive ketones (excluding diaryl/α,β-unsaturated/α-hetero) is 1. The van der Waals surface area contributed by atoms with Crippen LogP contribution in [0.4, 0.5) is 4.79 Å².